The Morgan fingerprint density at radius 3 is 2.25 bits per heavy atom. The highest BCUT2D eigenvalue weighted by Crippen LogP contribution is 2.37. The summed E-state index contributed by atoms with van der Waals surface area (Å²) in [6.07, 6.45) is 0.698. The minimum atomic E-state index is -4.75. The lowest BCUT2D eigenvalue weighted by molar-refractivity contribution is 0.385. The lowest BCUT2D eigenvalue weighted by Gasteiger charge is -2.14. The van der Waals surface area contributed by atoms with Crippen LogP contribution < -0.4 is 10.9 Å². The number of hydrogen-bond acceptors (Lipinski definition) is 4. The number of aryl methyl sites for hydroxylation is 2. The second-order valence-electron chi connectivity index (χ2n) is 4.40. The van der Waals surface area contributed by atoms with Crippen molar-refractivity contribution in [3.8, 4) is 5.75 Å². The van der Waals surface area contributed by atoms with E-state index in [2.05, 4.69) is 0 Å². The van der Waals surface area contributed by atoms with Crippen LogP contribution >= 0.6 is 7.60 Å². The molecule has 0 spiro atoms. The molecule has 0 aliphatic heterocycles. The van der Waals surface area contributed by atoms with E-state index in [-0.39, 0.29) is 23.3 Å². The first-order chi connectivity index (χ1) is 9.31. The van der Waals surface area contributed by atoms with Gasteiger partial charge in [0.1, 0.15) is 11.3 Å². The third-order valence-electron chi connectivity index (χ3n) is 3.23. The third kappa shape index (κ3) is 2.26. The summed E-state index contributed by atoms with van der Waals surface area (Å²) in [5, 5.41) is 9.67. The topological polar surface area (TPSA) is 108 Å². The van der Waals surface area contributed by atoms with Crippen LogP contribution in [0.4, 0.5) is 0 Å². The molecule has 2 rings (SSSR count). The van der Waals surface area contributed by atoms with E-state index in [1.165, 1.54) is 12.1 Å². The standard InChI is InChI=1S/C13H15O6P/c1-3-7-9(14)5-6-10-11(7)8(4-2)12(13(15)19-10)20(16,17)18/h5-6,14H,3-4H2,1-2H3,(H2,16,17,18). The average molecular weight is 298 g/mol. The number of fused-ring (bicyclic) bond motifs is 1. The van der Waals surface area contributed by atoms with Crippen LogP contribution in [0.3, 0.4) is 0 Å². The molecule has 2 aromatic rings. The van der Waals surface area contributed by atoms with Crippen LogP contribution in [0.25, 0.3) is 11.0 Å². The van der Waals surface area contributed by atoms with Crippen molar-refractivity contribution in [1.82, 2.24) is 0 Å². The zero-order valence-electron chi connectivity index (χ0n) is 11.1. The van der Waals surface area contributed by atoms with Crippen molar-refractivity contribution >= 4 is 23.9 Å². The van der Waals surface area contributed by atoms with Crippen LogP contribution in [0.15, 0.2) is 21.3 Å². The van der Waals surface area contributed by atoms with E-state index in [0.717, 1.165) is 0 Å². The largest absolute Gasteiger partial charge is 0.508 e. The molecule has 0 atom stereocenters. The van der Waals surface area contributed by atoms with Gasteiger partial charge in [-0.1, -0.05) is 13.8 Å². The Bertz CT molecular complexity index is 771. The van der Waals surface area contributed by atoms with E-state index in [9.17, 15) is 24.3 Å². The van der Waals surface area contributed by atoms with Crippen LogP contribution in [0, 0.1) is 0 Å². The molecule has 0 amide bonds. The van der Waals surface area contributed by atoms with Crippen molar-refractivity contribution in [2.24, 2.45) is 0 Å². The fraction of sp³-hybridized carbons (Fsp3) is 0.308. The predicted molar refractivity (Wildman–Crippen MR) is 74.6 cm³/mol. The Morgan fingerprint density at radius 1 is 1.15 bits per heavy atom. The molecular formula is C13H15O6P. The summed E-state index contributed by atoms with van der Waals surface area (Å²) in [6, 6.07) is 2.83. The maximum absolute atomic E-state index is 11.8. The van der Waals surface area contributed by atoms with Crippen LogP contribution in [0.2, 0.25) is 0 Å². The summed E-state index contributed by atoms with van der Waals surface area (Å²) < 4.78 is 16.5. The van der Waals surface area contributed by atoms with E-state index in [0.29, 0.717) is 17.4 Å². The Kier molecular flexibility index (Phi) is 3.73. The van der Waals surface area contributed by atoms with Gasteiger partial charge in [-0.05, 0) is 30.5 Å². The zero-order valence-corrected chi connectivity index (χ0v) is 12.0. The number of hydrogen-bond donors (Lipinski definition) is 3. The number of aromatic hydroxyl groups is 1. The van der Waals surface area contributed by atoms with Gasteiger partial charge in [-0.2, -0.15) is 0 Å². The van der Waals surface area contributed by atoms with Crippen LogP contribution in [0.1, 0.15) is 25.0 Å². The Morgan fingerprint density at radius 2 is 1.75 bits per heavy atom. The van der Waals surface area contributed by atoms with Crippen LogP contribution in [-0.2, 0) is 17.4 Å². The summed E-state index contributed by atoms with van der Waals surface area (Å²) in [7, 11) is -4.75. The van der Waals surface area contributed by atoms with Crippen molar-refractivity contribution in [3.63, 3.8) is 0 Å². The molecule has 0 unspecified atom stereocenters. The van der Waals surface area contributed by atoms with Crippen molar-refractivity contribution in [2.45, 2.75) is 26.7 Å². The molecule has 1 aromatic heterocycles. The Balaban J connectivity index is 3.09. The van der Waals surface area contributed by atoms with Gasteiger partial charge in [-0.15, -0.1) is 0 Å². The first-order valence-electron chi connectivity index (χ1n) is 6.17. The van der Waals surface area contributed by atoms with Crippen molar-refractivity contribution < 1.29 is 23.9 Å². The molecule has 3 N–H and O–H groups in total. The molecule has 0 radical (unpaired) electrons. The quantitative estimate of drug-likeness (QED) is 0.584. The zero-order chi connectivity index (χ0) is 15.1. The summed E-state index contributed by atoms with van der Waals surface area (Å²) in [6.45, 7) is 3.49. The highest BCUT2D eigenvalue weighted by Gasteiger charge is 2.29. The normalized spacial score (nSPS) is 12.0. The lowest BCUT2D eigenvalue weighted by Crippen LogP contribution is -2.28. The van der Waals surface area contributed by atoms with Crippen LogP contribution in [-0.4, -0.2) is 14.9 Å². The van der Waals surface area contributed by atoms with Crippen molar-refractivity contribution in [2.75, 3.05) is 0 Å². The van der Waals surface area contributed by atoms with Gasteiger partial charge in [-0.3, -0.25) is 4.57 Å². The Labute approximate surface area is 114 Å². The molecule has 0 fully saturated rings. The number of phenols is 1. The van der Waals surface area contributed by atoms with Gasteiger partial charge >= 0.3 is 13.2 Å². The monoisotopic (exact) mass is 298 g/mol. The molecule has 0 saturated heterocycles. The van der Waals surface area contributed by atoms with Crippen molar-refractivity contribution in [1.29, 1.82) is 0 Å². The second kappa shape index (κ2) is 5.05. The van der Waals surface area contributed by atoms with E-state index >= 15 is 0 Å². The van der Waals surface area contributed by atoms with Gasteiger partial charge in [0.05, 0.1) is 0 Å². The molecule has 20 heavy (non-hydrogen) atoms. The smallest absolute Gasteiger partial charge is 0.363 e. The number of phenolic OH excluding ortho intramolecular Hbond substituents is 1. The average Bonchev–Trinajstić information content (AvgIpc) is 2.36. The summed E-state index contributed by atoms with van der Waals surface area (Å²) in [5.74, 6) is 0.0141. The maximum Gasteiger partial charge on any atom is 0.363 e. The first-order valence-corrected chi connectivity index (χ1v) is 7.79. The second-order valence-corrected chi connectivity index (χ2v) is 5.94. The van der Waals surface area contributed by atoms with E-state index in [4.69, 9.17) is 4.42 Å². The summed E-state index contributed by atoms with van der Waals surface area (Å²) in [5.41, 5.74) is -0.0655. The number of rotatable bonds is 3. The number of benzene rings is 1. The fourth-order valence-electron chi connectivity index (χ4n) is 2.42. The highest BCUT2D eigenvalue weighted by molar-refractivity contribution is 7.60. The van der Waals surface area contributed by atoms with Gasteiger partial charge < -0.3 is 19.3 Å². The van der Waals surface area contributed by atoms with Gasteiger partial charge in [-0.25, -0.2) is 4.79 Å². The molecule has 108 valence electrons. The summed E-state index contributed by atoms with van der Waals surface area (Å²) in [4.78, 5) is 30.5. The van der Waals surface area contributed by atoms with E-state index in [1.54, 1.807) is 13.8 Å². The van der Waals surface area contributed by atoms with Crippen molar-refractivity contribution in [3.05, 3.63) is 33.7 Å². The van der Waals surface area contributed by atoms with E-state index < -0.39 is 18.5 Å². The molecule has 0 aliphatic rings. The predicted octanol–water partition coefficient (Wildman–Crippen LogP) is 1.43. The van der Waals surface area contributed by atoms with Gasteiger partial charge in [0, 0.05) is 10.9 Å². The van der Waals surface area contributed by atoms with Gasteiger partial charge in [0.25, 0.3) is 0 Å². The maximum atomic E-state index is 11.8. The van der Waals surface area contributed by atoms with Gasteiger partial charge in [0.2, 0.25) is 0 Å². The lowest BCUT2D eigenvalue weighted by atomic mass is 9.99. The summed E-state index contributed by atoms with van der Waals surface area (Å²) >= 11 is 0. The fourth-order valence-corrected chi connectivity index (χ4v) is 3.32. The molecule has 1 aromatic carbocycles. The van der Waals surface area contributed by atoms with Gasteiger partial charge in [0.15, 0.2) is 5.30 Å². The van der Waals surface area contributed by atoms with Crippen LogP contribution in [0.5, 0.6) is 5.75 Å². The molecule has 0 aliphatic carbocycles. The highest BCUT2D eigenvalue weighted by atomic mass is 31.2. The minimum Gasteiger partial charge on any atom is -0.508 e. The molecule has 0 bridgehead atoms. The Hall–Kier alpha value is -1.62. The first kappa shape index (κ1) is 14.8. The molecule has 1 heterocycles. The molecule has 6 nitrogen and oxygen atoms in total. The molecule has 0 saturated carbocycles. The molecule has 7 heteroatoms. The third-order valence-corrected chi connectivity index (χ3v) is 4.27. The SMILES string of the molecule is CCc1c(O)ccc2oc(=O)c(P(=O)(O)O)c(CC)c12. The minimum absolute atomic E-state index is 0.0141. The molecular weight excluding hydrogens is 283 g/mol. The van der Waals surface area contributed by atoms with E-state index in [1.807, 2.05) is 0 Å².